The molecule has 0 fully saturated rings. The summed E-state index contributed by atoms with van der Waals surface area (Å²) >= 11 is 1.35. The molecule has 1 aromatic heterocycles. The number of nitrogens with one attached hydrogen (secondary N) is 1. The summed E-state index contributed by atoms with van der Waals surface area (Å²) in [4.78, 5) is 24.5. The average Bonchev–Trinajstić information content (AvgIpc) is 3.14. The maximum absolute atomic E-state index is 13.0. The van der Waals surface area contributed by atoms with Crippen molar-refractivity contribution < 1.29 is 14.3 Å². The van der Waals surface area contributed by atoms with E-state index in [-0.39, 0.29) is 23.5 Å². The molecule has 3 aromatic rings. The third-order valence-corrected chi connectivity index (χ3v) is 5.73. The Morgan fingerprint density at radius 3 is 2.86 bits per heavy atom. The van der Waals surface area contributed by atoms with Gasteiger partial charge < -0.3 is 10.1 Å². The second-order valence-electron chi connectivity index (χ2n) is 6.95. The van der Waals surface area contributed by atoms with Crippen LogP contribution in [0.3, 0.4) is 0 Å². The number of benzene rings is 2. The predicted octanol–water partition coefficient (Wildman–Crippen LogP) is 3.58. The minimum atomic E-state index is -0.387. The highest BCUT2D eigenvalue weighted by atomic mass is 32.2. The molecule has 4 rings (SSSR count). The molecule has 2 aromatic carbocycles. The number of hydrogen-bond donors (Lipinski definition) is 1. The molecule has 1 amide bonds. The van der Waals surface area contributed by atoms with Crippen LogP contribution in [-0.4, -0.2) is 38.3 Å². The van der Waals surface area contributed by atoms with Gasteiger partial charge in [0.15, 0.2) is 17.5 Å². The summed E-state index contributed by atoms with van der Waals surface area (Å²) in [6.45, 7) is 5.91. The van der Waals surface area contributed by atoms with Crippen molar-refractivity contribution in [3.63, 3.8) is 0 Å². The highest BCUT2D eigenvalue weighted by Gasteiger charge is 2.23. The minimum Gasteiger partial charge on any atom is -0.482 e. The van der Waals surface area contributed by atoms with E-state index in [0.29, 0.717) is 22.2 Å². The van der Waals surface area contributed by atoms with Crippen LogP contribution in [0.25, 0.3) is 5.69 Å². The van der Waals surface area contributed by atoms with Crippen LogP contribution in [0.4, 0.5) is 5.69 Å². The zero-order valence-corrected chi connectivity index (χ0v) is 17.1. The smallest absolute Gasteiger partial charge is 0.262 e. The van der Waals surface area contributed by atoms with Crippen molar-refractivity contribution in [2.45, 2.75) is 31.2 Å². The van der Waals surface area contributed by atoms with Crippen molar-refractivity contribution >= 4 is 29.1 Å². The van der Waals surface area contributed by atoms with Gasteiger partial charge in [0.25, 0.3) is 5.91 Å². The molecular weight excluding hydrogens is 388 g/mol. The number of nitrogens with zero attached hydrogens (tertiary/aromatic N) is 3. The lowest BCUT2D eigenvalue weighted by atomic mass is 10.1. The molecule has 1 aliphatic rings. The normalized spacial score (nSPS) is 14.0. The number of aromatic nitrogens is 3. The number of anilines is 1. The number of thioether (sulfide) groups is 1. The second-order valence-corrected chi connectivity index (χ2v) is 8.25. The van der Waals surface area contributed by atoms with Crippen LogP contribution in [0.2, 0.25) is 0 Å². The number of rotatable bonds is 5. The summed E-state index contributed by atoms with van der Waals surface area (Å²) < 4.78 is 7.24. The van der Waals surface area contributed by atoms with Gasteiger partial charge >= 0.3 is 0 Å². The molecule has 0 saturated carbocycles. The molecule has 0 unspecified atom stereocenters. The minimum absolute atomic E-state index is 0.0133. The van der Waals surface area contributed by atoms with E-state index in [2.05, 4.69) is 21.6 Å². The fourth-order valence-electron chi connectivity index (χ4n) is 3.23. The number of ketones is 1. The lowest BCUT2D eigenvalue weighted by Crippen LogP contribution is -2.25. The van der Waals surface area contributed by atoms with Gasteiger partial charge in [0, 0.05) is 5.56 Å². The molecule has 0 aliphatic carbocycles. The molecule has 1 atom stereocenters. The van der Waals surface area contributed by atoms with Crippen molar-refractivity contribution in [1.29, 1.82) is 0 Å². The maximum atomic E-state index is 13.0. The van der Waals surface area contributed by atoms with E-state index in [1.807, 2.05) is 37.5 Å². The zero-order valence-electron chi connectivity index (χ0n) is 16.3. The lowest BCUT2D eigenvalue weighted by molar-refractivity contribution is -0.118. The highest BCUT2D eigenvalue weighted by molar-refractivity contribution is 8.00. The van der Waals surface area contributed by atoms with Crippen molar-refractivity contribution in [2.75, 3.05) is 11.9 Å². The monoisotopic (exact) mass is 408 g/mol. The van der Waals surface area contributed by atoms with Gasteiger partial charge in [-0.1, -0.05) is 29.5 Å². The number of carbonyl (C=O) groups excluding carboxylic acids is 2. The van der Waals surface area contributed by atoms with Crippen LogP contribution in [-0.2, 0) is 4.79 Å². The van der Waals surface area contributed by atoms with Crippen molar-refractivity contribution in [3.8, 4) is 11.4 Å². The SMILES string of the molecule is Cc1ccc(-n2cnnc2S[C@H](C)C(=O)c2ccc3c(c2)NC(=O)CO3)c(C)c1. The number of Topliss-reactive ketones (excluding diaryl/α,β-unsaturated/α-hetero) is 1. The third kappa shape index (κ3) is 3.88. The first kappa shape index (κ1) is 19.2. The topological polar surface area (TPSA) is 86.1 Å². The van der Waals surface area contributed by atoms with Crippen molar-refractivity contribution in [3.05, 3.63) is 59.4 Å². The Kier molecular flexibility index (Phi) is 5.10. The van der Waals surface area contributed by atoms with E-state index in [1.54, 1.807) is 24.5 Å². The number of fused-ring (bicyclic) bond motifs is 1. The second kappa shape index (κ2) is 7.71. The Labute approximate surface area is 172 Å². The maximum Gasteiger partial charge on any atom is 0.262 e. The summed E-state index contributed by atoms with van der Waals surface area (Å²) in [6.07, 6.45) is 1.66. The Morgan fingerprint density at radius 1 is 1.24 bits per heavy atom. The fourth-order valence-corrected chi connectivity index (χ4v) is 4.14. The Hall–Kier alpha value is -3.13. The number of aryl methyl sites for hydroxylation is 2. The van der Waals surface area contributed by atoms with Crippen LogP contribution in [0.5, 0.6) is 5.75 Å². The first-order valence-corrected chi connectivity index (χ1v) is 10.1. The molecule has 29 heavy (non-hydrogen) atoms. The Bertz CT molecular complexity index is 1110. The molecule has 0 spiro atoms. The van der Waals surface area contributed by atoms with Crippen LogP contribution in [0.1, 0.15) is 28.4 Å². The van der Waals surface area contributed by atoms with Crippen LogP contribution in [0.15, 0.2) is 47.9 Å². The quantitative estimate of drug-likeness (QED) is 0.513. The zero-order chi connectivity index (χ0) is 20.5. The summed E-state index contributed by atoms with van der Waals surface area (Å²) in [5.74, 6) is 0.273. The van der Waals surface area contributed by atoms with Gasteiger partial charge in [-0.3, -0.25) is 14.2 Å². The van der Waals surface area contributed by atoms with Crippen LogP contribution in [0, 0.1) is 13.8 Å². The Balaban J connectivity index is 1.55. The molecular formula is C21H20N4O3S. The van der Waals surface area contributed by atoms with Gasteiger partial charge in [-0.05, 0) is 50.6 Å². The third-order valence-electron chi connectivity index (χ3n) is 4.68. The standard InChI is InChI=1S/C21H20N4O3S/c1-12-4-6-17(13(2)8-12)25-11-22-24-21(25)29-14(3)20(27)15-5-7-18-16(9-15)23-19(26)10-28-18/h4-9,11,14H,10H2,1-3H3,(H,23,26)/t14-/m1/s1. The average molecular weight is 408 g/mol. The summed E-state index contributed by atoms with van der Waals surface area (Å²) in [6, 6.07) is 11.2. The molecule has 148 valence electrons. The number of carbonyl (C=O) groups is 2. The first-order chi connectivity index (χ1) is 13.9. The molecule has 1 aliphatic heterocycles. The summed E-state index contributed by atoms with van der Waals surface area (Å²) in [5.41, 5.74) is 4.29. The number of hydrogen-bond acceptors (Lipinski definition) is 6. The van der Waals surface area contributed by atoms with Crippen LogP contribution >= 0.6 is 11.8 Å². The molecule has 2 heterocycles. The molecule has 7 nitrogen and oxygen atoms in total. The fraction of sp³-hybridized carbons (Fsp3) is 0.238. The molecule has 0 bridgehead atoms. The lowest BCUT2D eigenvalue weighted by Gasteiger charge is -2.19. The van der Waals surface area contributed by atoms with E-state index < -0.39 is 0 Å². The van der Waals surface area contributed by atoms with E-state index >= 15 is 0 Å². The van der Waals surface area contributed by atoms with Crippen molar-refractivity contribution in [2.24, 2.45) is 0 Å². The van der Waals surface area contributed by atoms with Crippen LogP contribution < -0.4 is 10.1 Å². The van der Waals surface area contributed by atoms with Gasteiger partial charge in [0.1, 0.15) is 12.1 Å². The molecule has 0 saturated heterocycles. The van der Waals surface area contributed by atoms with E-state index in [9.17, 15) is 9.59 Å². The molecule has 8 heteroatoms. The van der Waals surface area contributed by atoms with Gasteiger partial charge in [-0.15, -0.1) is 10.2 Å². The van der Waals surface area contributed by atoms with Gasteiger partial charge in [0.2, 0.25) is 0 Å². The Morgan fingerprint density at radius 2 is 2.07 bits per heavy atom. The van der Waals surface area contributed by atoms with E-state index in [1.165, 1.54) is 17.3 Å². The van der Waals surface area contributed by atoms with Crippen molar-refractivity contribution in [1.82, 2.24) is 14.8 Å². The van der Waals surface area contributed by atoms with E-state index in [4.69, 9.17) is 4.74 Å². The van der Waals surface area contributed by atoms with E-state index in [0.717, 1.165) is 11.3 Å². The summed E-state index contributed by atoms with van der Waals surface area (Å²) in [5, 5.41) is 11.2. The number of amides is 1. The molecule has 0 radical (unpaired) electrons. The molecule has 1 N–H and O–H groups in total. The number of ether oxygens (including phenoxy) is 1. The summed E-state index contributed by atoms with van der Waals surface area (Å²) in [7, 11) is 0. The van der Waals surface area contributed by atoms with Gasteiger partial charge in [0.05, 0.1) is 16.6 Å². The predicted molar refractivity (Wildman–Crippen MR) is 111 cm³/mol. The highest BCUT2D eigenvalue weighted by Crippen LogP contribution is 2.31. The first-order valence-electron chi connectivity index (χ1n) is 9.17. The van der Waals surface area contributed by atoms with Gasteiger partial charge in [-0.2, -0.15) is 0 Å². The van der Waals surface area contributed by atoms with Gasteiger partial charge in [-0.25, -0.2) is 0 Å². The largest absolute Gasteiger partial charge is 0.482 e.